The molecule has 1 rings (SSSR count). The topological polar surface area (TPSA) is 109 Å². The predicted octanol–water partition coefficient (Wildman–Crippen LogP) is 0.285. The Kier molecular flexibility index (Phi) is 3.81. The first-order chi connectivity index (χ1) is 9.00. The highest BCUT2D eigenvalue weighted by molar-refractivity contribution is 6.04. The van der Waals surface area contributed by atoms with E-state index in [9.17, 15) is 20.1 Å². The van der Waals surface area contributed by atoms with Crippen molar-refractivity contribution in [2.45, 2.75) is 12.5 Å². The molecule has 0 amide bonds. The predicted molar refractivity (Wildman–Crippen MR) is 59.8 cm³/mol. The quantitative estimate of drug-likeness (QED) is 0.407. The number of esters is 2. The normalized spacial score (nSPS) is 21.8. The molecular formula is C12H12N2O5. The van der Waals surface area contributed by atoms with E-state index in [1.165, 1.54) is 0 Å². The Morgan fingerprint density at radius 2 is 1.74 bits per heavy atom. The minimum absolute atomic E-state index is 0.181. The van der Waals surface area contributed by atoms with Crippen LogP contribution in [0.1, 0.15) is 6.42 Å². The minimum Gasteiger partial charge on any atom is -0.496 e. The Bertz CT molecular complexity index is 469. The lowest BCUT2D eigenvalue weighted by atomic mass is 9.48. The molecule has 1 saturated carbocycles. The van der Waals surface area contributed by atoms with Crippen molar-refractivity contribution in [3.8, 4) is 12.1 Å². The highest BCUT2D eigenvalue weighted by atomic mass is 16.5. The van der Waals surface area contributed by atoms with Crippen LogP contribution in [-0.4, -0.2) is 32.3 Å². The fourth-order valence-electron chi connectivity index (χ4n) is 2.28. The van der Waals surface area contributed by atoms with Crippen LogP contribution in [-0.2, 0) is 23.8 Å². The van der Waals surface area contributed by atoms with Gasteiger partial charge in [-0.15, -0.1) is 0 Å². The zero-order valence-electron chi connectivity index (χ0n) is 10.5. The molecular weight excluding hydrogens is 252 g/mol. The van der Waals surface area contributed by atoms with E-state index >= 15 is 0 Å². The van der Waals surface area contributed by atoms with Gasteiger partial charge < -0.3 is 14.2 Å². The molecule has 0 aromatic rings. The second-order valence-corrected chi connectivity index (χ2v) is 3.92. The van der Waals surface area contributed by atoms with E-state index in [4.69, 9.17) is 4.74 Å². The van der Waals surface area contributed by atoms with Gasteiger partial charge in [-0.1, -0.05) is 6.58 Å². The standard InChI is InChI=1S/C12H12N2O5/c1-4-19-8-5-12(9(15)17-2,10(16)18-3)11(8,6-13)7-14/h4,8H,1,5H2,2-3H3. The summed E-state index contributed by atoms with van der Waals surface area (Å²) in [6, 6.07) is 3.37. The second kappa shape index (κ2) is 4.99. The molecule has 7 nitrogen and oxygen atoms in total. The van der Waals surface area contributed by atoms with E-state index in [1.807, 2.05) is 0 Å². The molecule has 1 aliphatic rings. The lowest BCUT2D eigenvalue weighted by molar-refractivity contribution is -0.204. The number of nitriles is 2. The van der Waals surface area contributed by atoms with Crippen molar-refractivity contribution in [3.63, 3.8) is 0 Å². The number of carbonyl (C=O) groups excluding carboxylic acids is 2. The maximum Gasteiger partial charge on any atom is 0.326 e. The molecule has 1 unspecified atom stereocenters. The third kappa shape index (κ3) is 1.55. The summed E-state index contributed by atoms with van der Waals surface area (Å²) in [5.41, 5.74) is -3.99. The van der Waals surface area contributed by atoms with Crippen molar-refractivity contribution < 1.29 is 23.8 Å². The number of rotatable bonds is 4. The molecule has 0 bridgehead atoms. The van der Waals surface area contributed by atoms with E-state index in [1.54, 1.807) is 12.1 Å². The SMILES string of the molecule is C=COC1CC(C(=O)OC)(C(=O)OC)C1(C#N)C#N. The van der Waals surface area contributed by atoms with Crippen molar-refractivity contribution >= 4 is 11.9 Å². The van der Waals surface area contributed by atoms with Crippen molar-refractivity contribution in [2.75, 3.05) is 14.2 Å². The van der Waals surface area contributed by atoms with Crippen LogP contribution < -0.4 is 0 Å². The first-order valence-corrected chi connectivity index (χ1v) is 5.26. The summed E-state index contributed by atoms with van der Waals surface area (Å²) in [5, 5.41) is 18.5. The van der Waals surface area contributed by atoms with Gasteiger partial charge in [0, 0.05) is 6.42 Å². The highest BCUT2D eigenvalue weighted by Gasteiger charge is 2.78. The number of methoxy groups -OCH3 is 2. The van der Waals surface area contributed by atoms with Crippen LogP contribution in [0.3, 0.4) is 0 Å². The molecule has 0 spiro atoms. The molecule has 0 heterocycles. The molecule has 19 heavy (non-hydrogen) atoms. The number of nitrogens with zero attached hydrogens (tertiary/aromatic N) is 2. The van der Waals surface area contributed by atoms with E-state index in [-0.39, 0.29) is 6.42 Å². The van der Waals surface area contributed by atoms with Gasteiger partial charge in [0.1, 0.15) is 6.10 Å². The van der Waals surface area contributed by atoms with Crippen molar-refractivity contribution in [2.24, 2.45) is 10.8 Å². The lowest BCUT2D eigenvalue weighted by Crippen LogP contribution is -2.68. The third-order valence-corrected chi connectivity index (χ3v) is 3.33. The van der Waals surface area contributed by atoms with E-state index in [0.717, 1.165) is 20.5 Å². The molecule has 1 atom stereocenters. The molecule has 7 heteroatoms. The minimum atomic E-state index is -2.00. The molecule has 0 aromatic heterocycles. The number of carbonyl (C=O) groups is 2. The molecule has 0 aliphatic heterocycles. The van der Waals surface area contributed by atoms with Crippen LogP contribution in [0.25, 0.3) is 0 Å². The van der Waals surface area contributed by atoms with Gasteiger partial charge in [0.15, 0.2) is 0 Å². The van der Waals surface area contributed by atoms with Crippen molar-refractivity contribution in [1.82, 2.24) is 0 Å². The number of ether oxygens (including phenoxy) is 3. The van der Waals surface area contributed by atoms with Crippen LogP contribution in [0.5, 0.6) is 0 Å². The van der Waals surface area contributed by atoms with Crippen molar-refractivity contribution in [1.29, 1.82) is 10.5 Å². The van der Waals surface area contributed by atoms with Gasteiger partial charge in [-0.05, 0) is 0 Å². The number of hydrogen-bond donors (Lipinski definition) is 0. The van der Waals surface area contributed by atoms with Gasteiger partial charge in [0.2, 0.25) is 10.8 Å². The molecule has 0 N–H and O–H groups in total. The zero-order chi connectivity index (χ0) is 14.7. The first kappa shape index (κ1) is 14.5. The fraction of sp³-hybridized carbons (Fsp3) is 0.500. The number of hydrogen-bond acceptors (Lipinski definition) is 7. The van der Waals surface area contributed by atoms with Gasteiger partial charge in [-0.2, -0.15) is 10.5 Å². The fourth-order valence-corrected chi connectivity index (χ4v) is 2.28. The van der Waals surface area contributed by atoms with Gasteiger partial charge >= 0.3 is 11.9 Å². The molecule has 0 aromatic carbocycles. The molecule has 0 radical (unpaired) electrons. The Labute approximate surface area is 110 Å². The van der Waals surface area contributed by atoms with E-state index in [2.05, 4.69) is 16.1 Å². The van der Waals surface area contributed by atoms with Crippen molar-refractivity contribution in [3.05, 3.63) is 12.8 Å². The Morgan fingerprint density at radius 1 is 1.26 bits per heavy atom. The zero-order valence-corrected chi connectivity index (χ0v) is 10.5. The largest absolute Gasteiger partial charge is 0.496 e. The van der Waals surface area contributed by atoms with E-state index < -0.39 is 28.9 Å². The van der Waals surface area contributed by atoms with Crippen LogP contribution in [0.15, 0.2) is 12.8 Å². The van der Waals surface area contributed by atoms with Gasteiger partial charge in [-0.3, -0.25) is 9.59 Å². The van der Waals surface area contributed by atoms with Crippen LogP contribution in [0.2, 0.25) is 0 Å². The summed E-state index contributed by atoms with van der Waals surface area (Å²) >= 11 is 0. The van der Waals surface area contributed by atoms with Gasteiger partial charge in [0.05, 0.1) is 32.6 Å². The summed E-state index contributed by atoms with van der Waals surface area (Å²) < 4.78 is 14.1. The third-order valence-electron chi connectivity index (χ3n) is 3.33. The average molecular weight is 264 g/mol. The lowest BCUT2D eigenvalue weighted by Gasteiger charge is -2.50. The average Bonchev–Trinajstić information content (AvgIpc) is 2.43. The first-order valence-electron chi connectivity index (χ1n) is 5.26. The van der Waals surface area contributed by atoms with Crippen LogP contribution in [0, 0.1) is 33.5 Å². The summed E-state index contributed by atoms with van der Waals surface area (Å²) in [6.07, 6.45) is -0.0790. The van der Waals surface area contributed by atoms with E-state index in [0.29, 0.717) is 0 Å². The Balaban J connectivity index is 3.40. The molecule has 100 valence electrons. The van der Waals surface area contributed by atoms with Crippen LogP contribution >= 0.6 is 0 Å². The highest BCUT2D eigenvalue weighted by Crippen LogP contribution is 2.59. The maximum atomic E-state index is 11.9. The summed E-state index contributed by atoms with van der Waals surface area (Å²) in [5.74, 6) is -1.99. The molecule has 1 fully saturated rings. The molecule has 0 saturated heterocycles. The van der Waals surface area contributed by atoms with Gasteiger partial charge in [0.25, 0.3) is 0 Å². The second-order valence-electron chi connectivity index (χ2n) is 3.92. The van der Waals surface area contributed by atoms with Gasteiger partial charge in [-0.25, -0.2) is 0 Å². The summed E-state index contributed by atoms with van der Waals surface area (Å²) in [6.45, 7) is 3.32. The monoisotopic (exact) mass is 264 g/mol. The Morgan fingerprint density at radius 3 is 2.05 bits per heavy atom. The van der Waals surface area contributed by atoms with Crippen LogP contribution in [0.4, 0.5) is 0 Å². The Hall–Kier alpha value is -2.54. The summed E-state index contributed by atoms with van der Waals surface area (Å²) in [7, 11) is 2.13. The summed E-state index contributed by atoms with van der Waals surface area (Å²) in [4.78, 5) is 23.8. The maximum absolute atomic E-state index is 11.9. The smallest absolute Gasteiger partial charge is 0.326 e. The molecule has 1 aliphatic carbocycles.